The molecule has 6 heteroatoms. The van der Waals surface area contributed by atoms with E-state index in [9.17, 15) is 13.6 Å². The fourth-order valence-electron chi connectivity index (χ4n) is 2.12. The number of carbonyl (C=O) groups excluding carboxylic acids is 1. The Morgan fingerprint density at radius 1 is 1.37 bits per heavy atom. The molecule has 0 bridgehead atoms. The average Bonchev–Trinajstić information content (AvgIpc) is 2.27. The van der Waals surface area contributed by atoms with E-state index in [0.717, 1.165) is 0 Å². The minimum absolute atomic E-state index is 0.0442. The summed E-state index contributed by atoms with van der Waals surface area (Å²) in [6.45, 7) is 6.40. The highest BCUT2D eigenvalue weighted by molar-refractivity contribution is 5.68. The van der Waals surface area contributed by atoms with Gasteiger partial charge in [-0.15, -0.1) is 0 Å². The van der Waals surface area contributed by atoms with Gasteiger partial charge in [-0.1, -0.05) is 0 Å². The first-order valence-corrected chi connectivity index (χ1v) is 6.63. The van der Waals surface area contributed by atoms with Gasteiger partial charge in [0.05, 0.1) is 0 Å². The highest BCUT2D eigenvalue weighted by atomic mass is 19.3. The third-order valence-electron chi connectivity index (χ3n) is 3.13. The van der Waals surface area contributed by atoms with Crippen molar-refractivity contribution in [1.29, 1.82) is 0 Å². The Morgan fingerprint density at radius 3 is 2.32 bits per heavy atom. The summed E-state index contributed by atoms with van der Waals surface area (Å²) >= 11 is 0. The number of halogens is 2. The maximum atomic E-state index is 12.2. The first-order valence-electron chi connectivity index (χ1n) is 6.63. The number of alkyl halides is 2. The van der Waals surface area contributed by atoms with Crippen molar-refractivity contribution in [1.82, 2.24) is 4.90 Å². The summed E-state index contributed by atoms with van der Waals surface area (Å²) in [5.41, 5.74) is -0.528. The zero-order valence-corrected chi connectivity index (χ0v) is 11.7. The van der Waals surface area contributed by atoms with Gasteiger partial charge in [0, 0.05) is 13.1 Å². The SMILES string of the molecule is CC(C)(C)OC(=O)N1CCC(CC(O)C(F)F)CC1. The molecule has 0 saturated carbocycles. The molecule has 0 aromatic carbocycles. The summed E-state index contributed by atoms with van der Waals surface area (Å²) in [7, 11) is 0. The number of likely N-dealkylation sites (tertiary alicyclic amines) is 1. The Balaban J connectivity index is 2.35. The van der Waals surface area contributed by atoms with E-state index in [1.54, 1.807) is 25.7 Å². The summed E-state index contributed by atoms with van der Waals surface area (Å²) in [5.74, 6) is 0.0442. The summed E-state index contributed by atoms with van der Waals surface area (Å²) in [5, 5.41) is 9.15. The van der Waals surface area contributed by atoms with Crippen LogP contribution < -0.4 is 0 Å². The highest BCUT2D eigenvalue weighted by Gasteiger charge is 2.29. The number of aliphatic hydroxyl groups is 1. The van der Waals surface area contributed by atoms with Crippen LogP contribution in [0.2, 0.25) is 0 Å². The Bertz CT molecular complexity index is 297. The van der Waals surface area contributed by atoms with E-state index >= 15 is 0 Å². The monoisotopic (exact) mass is 279 g/mol. The molecule has 112 valence electrons. The summed E-state index contributed by atoms with van der Waals surface area (Å²) < 4.78 is 29.7. The van der Waals surface area contributed by atoms with Gasteiger partial charge in [0.25, 0.3) is 6.43 Å². The van der Waals surface area contributed by atoms with Gasteiger partial charge < -0.3 is 14.7 Å². The van der Waals surface area contributed by atoms with Crippen LogP contribution in [0.15, 0.2) is 0 Å². The van der Waals surface area contributed by atoms with E-state index in [1.807, 2.05) is 0 Å². The minimum Gasteiger partial charge on any atom is -0.444 e. The van der Waals surface area contributed by atoms with E-state index < -0.39 is 18.1 Å². The van der Waals surface area contributed by atoms with E-state index in [-0.39, 0.29) is 18.4 Å². The van der Waals surface area contributed by atoms with Crippen LogP contribution in [0.1, 0.15) is 40.0 Å². The molecule has 0 spiro atoms. The first-order chi connectivity index (χ1) is 8.69. The molecule has 1 heterocycles. The second-order valence-corrected chi connectivity index (χ2v) is 6.05. The molecule has 0 radical (unpaired) electrons. The minimum atomic E-state index is -2.69. The van der Waals surface area contributed by atoms with Gasteiger partial charge in [-0.05, 0) is 46.0 Å². The fraction of sp³-hybridized carbons (Fsp3) is 0.923. The predicted octanol–water partition coefficient (Wildman–Crippen LogP) is 2.65. The predicted molar refractivity (Wildman–Crippen MR) is 67.2 cm³/mol. The molecule has 4 nitrogen and oxygen atoms in total. The van der Waals surface area contributed by atoms with Gasteiger partial charge in [0.1, 0.15) is 11.7 Å². The van der Waals surface area contributed by atoms with Crippen molar-refractivity contribution < 1.29 is 23.4 Å². The van der Waals surface area contributed by atoms with Crippen LogP contribution in [0.25, 0.3) is 0 Å². The number of hydrogen-bond acceptors (Lipinski definition) is 3. The van der Waals surface area contributed by atoms with Gasteiger partial charge in [-0.2, -0.15) is 0 Å². The lowest BCUT2D eigenvalue weighted by molar-refractivity contribution is -0.0246. The molecule has 1 rings (SSSR count). The maximum absolute atomic E-state index is 12.2. The largest absolute Gasteiger partial charge is 0.444 e. The van der Waals surface area contributed by atoms with Crippen molar-refractivity contribution in [2.24, 2.45) is 5.92 Å². The van der Waals surface area contributed by atoms with Crippen LogP contribution in [0.4, 0.5) is 13.6 Å². The van der Waals surface area contributed by atoms with Crippen molar-refractivity contribution in [3.63, 3.8) is 0 Å². The Morgan fingerprint density at radius 2 is 1.89 bits per heavy atom. The molecule has 1 aliphatic rings. The molecule has 1 atom stereocenters. The van der Waals surface area contributed by atoms with E-state index in [4.69, 9.17) is 9.84 Å². The fourth-order valence-corrected chi connectivity index (χ4v) is 2.12. The molecular formula is C13H23F2NO3. The lowest BCUT2D eigenvalue weighted by Crippen LogP contribution is -2.42. The van der Waals surface area contributed by atoms with E-state index in [0.29, 0.717) is 25.9 Å². The number of nitrogens with zero attached hydrogens (tertiary/aromatic N) is 1. The molecular weight excluding hydrogens is 256 g/mol. The number of ether oxygens (including phenoxy) is 1. The third-order valence-corrected chi connectivity index (χ3v) is 3.13. The second-order valence-electron chi connectivity index (χ2n) is 6.05. The number of piperidine rings is 1. The molecule has 1 unspecified atom stereocenters. The Labute approximate surface area is 112 Å². The van der Waals surface area contributed by atoms with Crippen LogP contribution >= 0.6 is 0 Å². The Hall–Kier alpha value is -0.910. The molecule has 1 N–H and O–H groups in total. The second kappa shape index (κ2) is 6.50. The molecule has 0 aromatic heterocycles. The quantitative estimate of drug-likeness (QED) is 0.864. The number of rotatable bonds is 3. The van der Waals surface area contributed by atoms with Gasteiger partial charge in [0.2, 0.25) is 0 Å². The topological polar surface area (TPSA) is 49.8 Å². The van der Waals surface area contributed by atoms with Crippen molar-refractivity contribution in [3.8, 4) is 0 Å². The van der Waals surface area contributed by atoms with E-state index in [1.165, 1.54) is 0 Å². The number of hydrogen-bond donors (Lipinski definition) is 1. The third kappa shape index (κ3) is 5.72. The zero-order valence-electron chi connectivity index (χ0n) is 11.7. The van der Waals surface area contributed by atoms with Gasteiger partial charge >= 0.3 is 6.09 Å². The molecule has 19 heavy (non-hydrogen) atoms. The van der Waals surface area contributed by atoms with Crippen molar-refractivity contribution in [2.45, 2.75) is 58.2 Å². The standard InChI is InChI=1S/C13H23F2NO3/c1-13(2,3)19-12(18)16-6-4-9(5-7-16)8-10(17)11(14)15/h9-11,17H,4-8H2,1-3H3. The summed E-state index contributed by atoms with van der Waals surface area (Å²) in [6.07, 6.45) is -3.26. The number of aliphatic hydroxyl groups excluding tert-OH is 1. The number of amides is 1. The van der Waals surface area contributed by atoms with Crippen LogP contribution in [0, 0.1) is 5.92 Å². The lowest BCUT2D eigenvalue weighted by Gasteiger charge is -2.34. The van der Waals surface area contributed by atoms with Crippen molar-refractivity contribution >= 4 is 6.09 Å². The highest BCUT2D eigenvalue weighted by Crippen LogP contribution is 2.24. The summed E-state index contributed by atoms with van der Waals surface area (Å²) in [6, 6.07) is 0. The zero-order chi connectivity index (χ0) is 14.6. The van der Waals surface area contributed by atoms with Crippen LogP contribution in [0.5, 0.6) is 0 Å². The average molecular weight is 279 g/mol. The molecule has 1 aliphatic heterocycles. The van der Waals surface area contributed by atoms with Gasteiger partial charge in [-0.25, -0.2) is 13.6 Å². The smallest absolute Gasteiger partial charge is 0.410 e. The molecule has 1 saturated heterocycles. The molecule has 1 fully saturated rings. The van der Waals surface area contributed by atoms with Crippen LogP contribution in [0.3, 0.4) is 0 Å². The number of carbonyl (C=O) groups is 1. The maximum Gasteiger partial charge on any atom is 0.410 e. The van der Waals surface area contributed by atoms with Crippen molar-refractivity contribution in [3.05, 3.63) is 0 Å². The normalized spacial score (nSPS) is 19.6. The van der Waals surface area contributed by atoms with Gasteiger partial charge in [0.15, 0.2) is 0 Å². The van der Waals surface area contributed by atoms with Crippen molar-refractivity contribution in [2.75, 3.05) is 13.1 Å². The molecule has 0 aliphatic carbocycles. The first kappa shape index (κ1) is 16.1. The summed E-state index contributed by atoms with van der Waals surface area (Å²) in [4.78, 5) is 13.4. The van der Waals surface area contributed by atoms with Crippen LogP contribution in [-0.4, -0.2) is 47.3 Å². The lowest BCUT2D eigenvalue weighted by atomic mass is 9.91. The van der Waals surface area contributed by atoms with E-state index in [2.05, 4.69) is 0 Å². The molecule has 1 amide bonds. The Kier molecular flexibility index (Phi) is 5.52. The van der Waals surface area contributed by atoms with Gasteiger partial charge in [-0.3, -0.25) is 0 Å². The molecule has 0 aromatic rings. The van der Waals surface area contributed by atoms with Crippen LogP contribution in [-0.2, 0) is 4.74 Å².